The van der Waals surface area contributed by atoms with Crippen LogP contribution in [0.3, 0.4) is 0 Å². The van der Waals surface area contributed by atoms with E-state index in [1.54, 1.807) is 0 Å². The largest absolute Gasteiger partial charge is 0.282 e. The van der Waals surface area contributed by atoms with Gasteiger partial charge in [0.25, 0.3) is 16.6 Å². The third-order valence-corrected chi connectivity index (χ3v) is 5.20. The lowest BCUT2D eigenvalue weighted by Crippen LogP contribution is -2.51. The molecule has 0 aliphatic carbocycles. The molecule has 0 spiro atoms. The highest BCUT2D eigenvalue weighted by atomic mass is 35.5. The highest BCUT2D eigenvalue weighted by molar-refractivity contribution is 7.86. The topological polar surface area (TPSA) is 40.6 Å². The van der Waals surface area contributed by atoms with Gasteiger partial charge in [-0.15, -0.1) is 11.6 Å². The molecule has 1 saturated heterocycles. The fourth-order valence-corrected chi connectivity index (χ4v) is 3.88. The molecular formula is C9H17ClF2N2O2S. The molecule has 8 heteroatoms. The molecule has 1 unspecified atom stereocenters. The van der Waals surface area contributed by atoms with Crippen molar-refractivity contribution < 1.29 is 17.2 Å². The minimum absolute atomic E-state index is 0.196. The van der Waals surface area contributed by atoms with Gasteiger partial charge < -0.3 is 0 Å². The summed E-state index contributed by atoms with van der Waals surface area (Å²) in [6, 6.07) is -0.282. The minimum atomic E-state index is -3.82. The van der Waals surface area contributed by atoms with Crippen molar-refractivity contribution in [1.29, 1.82) is 0 Å². The average molecular weight is 291 g/mol. The first kappa shape index (κ1) is 15.1. The molecule has 0 bridgehead atoms. The number of nitrogens with zero attached hydrogens (tertiary/aromatic N) is 2. The molecule has 17 heavy (non-hydrogen) atoms. The molecule has 1 aliphatic rings. The molecule has 1 heterocycles. The second-order valence-electron chi connectivity index (χ2n) is 4.09. The standard InChI is InChI=1S/C9H17ClF2N2O2S/c1-13(7-9(11)12)17(15,16)14-5-3-2-4-8(14)6-10/h8-9H,2-7H2,1H3. The Kier molecular flexibility index (Phi) is 5.56. The van der Waals surface area contributed by atoms with Crippen LogP contribution in [0.15, 0.2) is 0 Å². The zero-order chi connectivity index (χ0) is 13.1. The molecule has 1 atom stereocenters. The summed E-state index contributed by atoms with van der Waals surface area (Å²) in [4.78, 5) is 0. The molecular weight excluding hydrogens is 274 g/mol. The van der Waals surface area contributed by atoms with Crippen molar-refractivity contribution in [2.75, 3.05) is 26.0 Å². The van der Waals surface area contributed by atoms with Gasteiger partial charge in [-0.25, -0.2) is 8.78 Å². The van der Waals surface area contributed by atoms with E-state index < -0.39 is 23.2 Å². The van der Waals surface area contributed by atoms with Crippen LogP contribution in [0.2, 0.25) is 0 Å². The van der Waals surface area contributed by atoms with E-state index in [1.165, 1.54) is 11.4 Å². The molecule has 0 aromatic rings. The number of hydrogen-bond acceptors (Lipinski definition) is 2. The van der Waals surface area contributed by atoms with Crippen molar-refractivity contribution in [1.82, 2.24) is 8.61 Å². The lowest BCUT2D eigenvalue weighted by Gasteiger charge is -2.35. The summed E-state index contributed by atoms with van der Waals surface area (Å²) in [6.45, 7) is -0.429. The van der Waals surface area contributed by atoms with E-state index in [2.05, 4.69) is 0 Å². The van der Waals surface area contributed by atoms with Gasteiger partial charge in [0.05, 0.1) is 6.54 Å². The van der Waals surface area contributed by atoms with E-state index in [9.17, 15) is 17.2 Å². The summed E-state index contributed by atoms with van der Waals surface area (Å²) in [6.07, 6.45) is -0.323. The Morgan fingerprint density at radius 2 is 2.12 bits per heavy atom. The van der Waals surface area contributed by atoms with Gasteiger partial charge in [-0.1, -0.05) is 6.42 Å². The molecule has 0 aromatic heterocycles. The first-order chi connectivity index (χ1) is 7.89. The molecule has 0 amide bonds. The zero-order valence-corrected chi connectivity index (χ0v) is 11.2. The van der Waals surface area contributed by atoms with Gasteiger partial charge in [-0.05, 0) is 12.8 Å². The predicted octanol–water partition coefficient (Wildman–Crippen LogP) is 1.52. The number of rotatable bonds is 5. The number of halogens is 3. The van der Waals surface area contributed by atoms with Crippen LogP contribution in [-0.2, 0) is 10.2 Å². The minimum Gasteiger partial charge on any atom is -0.209 e. The van der Waals surface area contributed by atoms with Crippen LogP contribution < -0.4 is 0 Å². The fourth-order valence-electron chi connectivity index (χ4n) is 1.90. The fraction of sp³-hybridized carbons (Fsp3) is 1.00. The molecule has 1 aliphatic heterocycles. The van der Waals surface area contributed by atoms with Crippen LogP contribution in [0.25, 0.3) is 0 Å². The monoisotopic (exact) mass is 290 g/mol. The van der Waals surface area contributed by atoms with Gasteiger partial charge in [-0.2, -0.15) is 17.0 Å². The molecule has 0 radical (unpaired) electrons. The Labute approximate surface area is 106 Å². The maximum absolute atomic E-state index is 12.2. The van der Waals surface area contributed by atoms with E-state index in [4.69, 9.17) is 11.6 Å². The van der Waals surface area contributed by atoms with Crippen LogP contribution in [0.5, 0.6) is 0 Å². The van der Waals surface area contributed by atoms with Crippen molar-refractivity contribution in [2.45, 2.75) is 31.7 Å². The Balaban J connectivity index is 2.80. The van der Waals surface area contributed by atoms with Gasteiger partial charge >= 0.3 is 0 Å². The summed E-state index contributed by atoms with van der Waals surface area (Å²) in [5.74, 6) is 0.196. The SMILES string of the molecule is CN(CC(F)F)S(=O)(=O)N1CCCCC1CCl. The lowest BCUT2D eigenvalue weighted by molar-refractivity contribution is 0.122. The quantitative estimate of drug-likeness (QED) is 0.721. The van der Waals surface area contributed by atoms with Gasteiger partial charge in [0.2, 0.25) is 0 Å². The van der Waals surface area contributed by atoms with E-state index in [0.717, 1.165) is 12.8 Å². The molecule has 1 rings (SSSR count). The Morgan fingerprint density at radius 3 is 2.65 bits per heavy atom. The van der Waals surface area contributed by atoms with Crippen LogP contribution in [0, 0.1) is 0 Å². The Bertz CT molecular complexity index is 340. The van der Waals surface area contributed by atoms with Crippen molar-refractivity contribution in [3.05, 3.63) is 0 Å². The lowest BCUT2D eigenvalue weighted by atomic mass is 10.1. The highest BCUT2D eigenvalue weighted by Gasteiger charge is 2.35. The maximum atomic E-state index is 12.2. The van der Waals surface area contributed by atoms with E-state index in [0.29, 0.717) is 17.3 Å². The summed E-state index contributed by atoms with van der Waals surface area (Å²) in [5.41, 5.74) is 0. The first-order valence-corrected chi connectivity index (χ1v) is 7.40. The van der Waals surface area contributed by atoms with Crippen molar-refractivity contribution in [3.63, 3.8) is 0 Å². The molecule has 4 nitrogen and oxygen atoms in total. The normalized spacial score (nSPS) is 23.5. The van der Waals surface area contributed by atoms with Crippen LogP contribution in [0.1, 0.15) is 19.3 Å². The van der Waals surface area contributed by atoms with Crippen LogP contribution >= 0.6 is 11.6 Å². The third kappa shape index (κ3) is 3.74. The maximum Gasteiger partial charge on any atom is 0.282 e. The number of piperidine rings is 1. The summed E-state index contributed by atoms with van der Waals surface area (Å²) in [7, 11) is -2.65. The third-order valence-electron chi connectivity index (χ3n) is 2.84. The van der Waals surface area contributed by atoms with Crippen molar-refractivity contribution in [3.8, 4) is 0 Å². The molecule has 0 saturated carbocycles. The van der Waals surface area contributed by atoms with Gasteiger partial charge in [0.15, 0.2) is 0 Å². The molecule has 1 fully saturated rings. The molecule has 0 aromatic carbocycles. The predicted molar refractivity (Wildman–Crippen MR) is 62.6 cm³/mol. The second kappa shape index (κ2) is 6.26. The number of alkyl halides is 3. The van der Waals surface area contributed by atoms with Gasteiger partial charge in [-0.3, -0.25) is 0 Å². The van der Waals surface area contributed by atoms with E-state index in [1.807, 2.05) is 0 Å². The number of hydrogen-bond donors (Lipinski definition) is 0. The smallest absolute Gasteiger partial charge is 0.209 e. The average Bonchev–Trinajstić information content (AvgIpc) is 2.28. The first-order valence-electron chi connectivity index (χ1n) is 5.46. The molecule has 102 valence electrons. The van der Waals surface area contributed by atoms with Gasteiger partial charge in [0, 0.05) is 25.5 Å². The zero-order valence-electron chi connectivity index (χ0n) is 9.65. The van der Waals surface area contributed by atoms with Crippen LogP contribution in [-0.4, -0.2) is 55.5 Å². The Morgan fingerprint density at radius 1 is 1.47 bits per heavy atom. The Hall–Kier alpha value is 0.0200. The van der Waals surface area contributed by atoms with E-state index in [-0.39, 0.29) is 11.9 Å². The van der Waals surface area contributed by atoms with Crippen molar-refractivity contribution in [2.24, 2.45) is 0 Å². The summed E-state index contributed by atoms with van der Waals surface area (Å²) in [5, 5.41) is 0. The summed E-state index contributed by atoms with van der Waals surface area (Å²) >= 11 is 5.72. The second-order valence-corrected chi connectivity index (χ2v) is 6.39. The van der Waals surface area contributed by atoms with Crippen molar-refractivity contribution >= 4 is 21.8 Å². The highest BCUT2D eigenvalue weighted by Crippen LogP contribution is 2.23. The summed E-state index contributed by atoms with van der Waals surface area (Å²) < 4.78 is 50.5. The van der Waals surface area contributed by atoms with E-state index >= 15 is 0 Å². The van der Waals surface area contributed by atoms with Gasteiger partial charge in [0.1, 0.15) is 0 Å². The van der Waals surface area contributed by atoms with Crippen LogP contribution in [0.4, 0.5) is 8.78 Å². The molecule has 0 N–H and O–H groups in total.